The van der Waals surface area contributed by atoms with Crippen molar-refractivity contribution in [2.24, 2.45) is 0 Å². The molecule has 0 saturated heterocycles. The summed E-state index contributed by atoms with van der Waals surface area (Å²) >= 11 is 12.9. The molecule has 0 atom stereocenters. The number of hydrogen-bond donors (Lipinski definition) is 0. The molecule has 2 aromatic rings. The number of nitrogens with zero attached hydrogens (tertiary/aromatic N) is 2. The van der Waals surface area contributed by atoms with Crippen LogP contribution in [0.2, 0.25) is 0 Å². The highest BCUT2D eigenvalue weighted by Crippen LogP contribution is 2.22. The molecule has 0 spiro atoms. The van der Waals surface area contributed by atoms with Gasteiger partial charge in [0.2, 0.25) is 0 Å². The number of rotatable bonds is 0. The van der Waals surface area contributed by atoms with E-state index in [9.17, 15) is 0 Å². The molecule has 2 aromatic heterocycles. The Morgan fingerprint density at radius 3 is 2.00 bits per heavy atom. The fraction of sp³-hybridized carbons (Fsp3) is 0.111. The number of halogens is 3. The molecular weight excluding hydrogens is 440 g/mol. The van der Waals surface area contributed by atoms with Crippen molar-refractivity contribution in [2.75, 3.05) is 0 Å². The molecule has 2 heterocycles. The van der Waals surface area contributed by atoms with E-state index in [0.717, 1.165) is 16.5 Å². The first-order chi connectivity index (χ1) is 7.61. The van der Waals surface area contributed by atoms with Gasteiger partial charge < -0.3 is 0 Å². The molecule has 0 radical (unpaired) electrons. The van der Waals surface area contributed by atoms with Crippen molar-refractivity contribution in [3.8, 4) is 11.8 Å². The van der Waals surface area contributed by atoms with Crippen LogP contribution in [0, 0.1) is 11.8 Å². The fourth-order valence-corrected chi connectivity index (χ4v) is 3.98. The molecule has 0 aliphatic heterocycles. The molecule has 0 fully saturated rings. The van der Waals surface area contributed by atoms with Crippen molar-refractivity contribution < 1.29 is 0 Å². The summed E-state index contributed by atoms with van der Waals surface area (Å²) in [6, 6.07) is 0. The van der Waals surface area contributed by atoms with Gasteiger partial charge in [0.1, 0.15) is 0 Å². The fourth-order valence-electron chi connectivity index (χ4n) is 0.654. The Morgan fingerprint density at radius 2 is 1.69 bits per heavy atom. The van der Waals surface area contributed by atoms with Gasteiger partial charge in [0, 0.05) is 0 Å². The number of aromatic nitrogens is 2. The van der Waals surface area contributed by atoms with Crippen LogP contribution in [0.4, 0.5) is 0 Å². The van der Waals surface area contributed by atoms with E-state index in [1.54, 1.807) is 42.0 Å². The van der Waals surface area contributed by atoms with Gasteiger partial charge in [-0.3, -0.25) is 0 Å². The van der Waals surface area contributed by atoms with E-state index in [4.69, 9.17) is 0 Å². The van der Waals surface area contributed by atoms with Crippen LogP contribution in [0.15, 0.2) is 23.9 Å². The summed E-state index contributed by atoms with van der Waals surface area (Å²) in [4.78, 5) is 7.91. The second-order valence-corrected chi connectivity index (χ2v) is 8.36. The van der Waals surface area contributed by atoms with Gasteiger partial charge in [0.15, 0.2) is 8.92 Å². The highest BCUT2D eigenvalue weighted by Gasteiger charge is 1.92. The molecule has 0 unspecified atom stereocenters. The third-order valence-electron chi connectivity index (χ3n) is 1.16. The first-order valence-corrected chi connectivity index (χ1v) is 7.94. The third-order valence-corrected chi connectivity index (χ3v) is 4.51. The second kappa shape index (κ2) is 7.56. The Bertz CT molecular complexity index is 494. The quantitative estimate of drug-likeness (QED) is 0.537. The van der Waals surface area contributed by atoms with Gasteiger partial charge in [-0.05, 0) is 60.6 Å². The molecule has 84 valence electrons. The summed E-state index contributed by atoms with van der Waals surface area (Å²) in [5, 5.41) is 0.865. The van der Waals surface area contributed by atoms with E-state index in [2.05, 4.69) is 69.6 Å². The molecule has 2 rings (SSSR count). The Labute approximate surface area is 127 Å². The Morgan fingerprint density at radius 1 is 1.06 bits per heavy atom. The van der Waals surface area contributed by atoms with Crippen LogP contribution < -0.4 is 0 Å². The van der Waals surface area contributed by atoms with Crippen LogP contribution in [0.5, 0.6) is 0 Å². The van der Waals surface area contributed by atoms with E-state index in [-0.39, 0.29) is 0 Å². The predicted molar refractivity (Wildman–Crippen MR) is 79.9 cm³/mol. The number of thiazole rings is 2. The van der Waals surface area contributed by atoms with Crippen molar-refractivity contribution >= 4 is 70.5 Å². The minimum Gasteiger partial charge on any atom is -0.236 e. The molecule has 16 heavy (non-hydrogen) atoms. The Hall–Kier alpha value is 0.260. The molecule has 2 nitrogen and oxygen atoms in total. The molecular formula is C9H5Br3N2S2. The van der Waals surface area contributed by atoms with Crippen molar-refractivity contribution in [3.05, 3.63) is 28.9 Å². The summed E-state index contributed by atoms with van der Waals surface area (Å²) < 4.78 is 3.00. The monoisotopic (exact) mass is 442 g/mol. The minimum absolute atomic E-state index is 0.865. The van der Waals surface area contributed by atoms with Gasteiger partial charge in [-0.15, -0.1) is 11.3 Å². The van der Waals surface area contributed by atoms with Crippen molar-refractivity contribution in [1.82, 2.24) is 9.97 Å². The average molecular weight is 445 g/mol. The van der Waals surface area contributed by atoms with Gasteiger partial charge in [0.05, 0.1) is 20.0 Å². The van der Waals surface area contributed by atoms with Crippen molar-refractivity contribution in [3.63, 3.8) is 0 Å². The normalized spacial score (nSPS) is 8.75. The molecule has 7 heteroatoms. The van der Waals surface area contributed by atoms with E-state index in [1.807, 2.05) is 0 Å². The molecule has 0 bridgehead atoms. The predicted octanol–water partition coefficient (Wildman–Crippen LogP) is 4.95. The molecule has 0 saturated carbocycles. The van der Waals surface area contributed by atoms with E-state index < -0.39 is 0 Å². The van der Waals surface area contributed by atoms with Crippen LogP contribution in [-0.2, 0) is 0 Å². The summed E-state index contributed by atoms with van der Waals surface area (Å²) in [5.74, 6) is 5.63. The lowest BCUT2D eigenvalue weighted by Gasteiger charge is -1.69. The maximum Gasteiger partial charge on any atom is 0.167 e. The van der Waals surface area contributed by atoms with Crippen LogP contribution in [0.1, 0.15) is 11.9 Å². The minimum atomic E-state index is 0.865. The van der Waals surface area contributed by atoms with E-state index >= 15 is 0 Å². The van der Waals surface area contributed by atoms with Gasteiger partial charge in [0.25, 0.3) is 0 Å². The highest BCUT2D eigenvalue weighted by molar-refractivity contribution is 9.12. The topological polar surface area (TPSA) is 25.8 Å². The molecule has 0 amide bonds. The van der Waals surface area contributed by atoms with Crippen molar-refractivity contribution in [1.29, 1.82) is 0 Å². The summed E-state index contributed by atoms with van der Waals surface area (Å²) in [7, 11) is 0. The maximum atomic E-state index is 4.00. The smallest absolute Gasteiger partial charge is 0.167 e. The molecule has 0 N–H and O–H groups in total. The van der Waals surface area contributed by atoms with E-state index in [1.165, 1.54) is 0 Å². The zero-order chi connectivity index (χ0) is 12.0. The lowest BCUT2D eigenvalue weighted by Crippen LogP contribution is -1.63. The SMILES string of the molecule is Brc1cnc(Br)s1.CC#Cc1ncc(Br)s1. The van der Waals surface area contributed by atoms with Gasteiger partial charge >= 0.3 is 0 Å². The van der Waals surface area contributed by atoms with Crippen molar-refractivity contribution in [2.45, 2.75) is 6.92 Å². The van der Waals surface area contributed by atoms with Crippen LogP contribution >= 0.6 is 70.5 Å². The first kappa shape index (κ1) is 14.3. The highest BCUT2D eigenvalue weighted by atomic mass is 79.9. The Kier molecular flexibility index (Phi) is 6.77. The van der Waals surface area contributed by atoms with Crippen LogP contribution in [-0.4, -0.2) is 9.97 Å². The lowest BCUT2D eigenvalue weighted by atomic mass is 10.6. The zero-order valence-corrected chi connectivity index (χ0v) is 14.4. The third kappa shape index (κ3) is 5.55. The second-order valence-electron chi connectivity index (χ2n) is 2.26. The first-order valence-electron chi connectivity index (χ1n) is 3.92. The average Bonchev–Trinajstić information content (AvgIpc) is 2.78. The van der Waals surface area contributed by atoms with Crippen LogP contribution in [0.25, 0.3) is 0 Å². The Balaban J connectivity index is 0.000000165. The molecule has 0 aliphatic carbocycles. The molecule has 0 aliphatic rings. The van der Waals surface area contributed by atoms with Gasteiger partial charge in [-0.2, -0.15) is 0 Å². The summed E-state index contributed by atoms with van der Waals surface area (Å²) in [6.45, 7) is 1.80. The lowest BCUT2D eigenvalue weighted by molar-refractivity contribution is 1.37. The van der Waals surface area contributed by atoms with E-state index in [0.29, 0.717) is 0 Å². The standard InChI is InChI=1S/C6H4BrNS.C3HBr2NS/c1-2-3-6-8-4-5(7)9-6;4-2-1-6-3(5)7-2/h4H,1H3;1H. The number of hydrogen-bond acceptors (Lipinski definition) is 4. The maximum absolute atomic E-state index is 4.00. The largest absolute Gasteiger partial charge is 0.236 e. The molecule has 0 aromatic carbocycles. The van der Waals surface area contributed by atoms with Crippen LogP contribution in [0.3, 0.4) is 0 Å². The zero-order valence-electron chi connectivity index (χ0n) is 8.00. The van der Waals surface area contributed by atoms with Gasteiger partial charge in [-0.25, -0.2) is 9.97 Å². The summed E-state index contributed by atoms with van der Waals surface area (Å²) in [6.07, 6.45) is 3.51. The summed E-state index contributed by atoms with van der Waals surface area (Å²) in [5.41, 5.74) is 0. The van der Waals surface area contributed by atoms with Gasteiger partial charge in [-0.1, -0.05) is 17.3 Å².